The Labute approximate surface area is 108 Å². The molecular weight excluding hydrogens is 312 g/mol. The molecule has 16 heavy (non-hydrogen) atoms. The van der Waals surface area contributed by atoms with Crippen molar-refractivity contribution in [1.29, 1.82) is 0 Å². The van der Waals surface area contributed by atoms with E-state index >= 15 is 0 Å². The number of nitrogens with one attached hydrogen (secondary N) is 1. The summed E-state index contributed by atoms with van der Waals surface area (Å²) in [6.07, 6.45) is 1.63. The fourth-order valence-corrected chi connectivity index (χ4v) is 2.74. The summed E-state index contributed by atoms with van der Waals surface area (Å²) < 4.78 is 0.865. The van der Waals surface area contributed by atoms with E-state index in [1.807, 2.05) is 0 Å². The minimum atomic E-state index is -0.266. The Morgan fingerprint density at radius 3 is 3.00 bits per heavy atom. The molecule has 0 aliphatic rings. The summed E-state index contributed by atoms with van der Waals surface area (Å²) in [5.74, 6) is -0.266. The van der Waals surface area contributed by atoms with Gasteiger partial charge in [-0.2, -0.15) is 0 Å². The number of hydrogen-bond donors (Lipinski definition) is 2. The highest BCUT2D eigenvalue weighted by Gasteiger charge is 2.11. The van der Waals surface area contributed by atoms with Crippen LogP contribution in [-0.4, -0.2) is 15.9 Å². The van der Waals surface area contributed by atoms with Gasteiger partial charge in [-0.15, -0.1) is 11.3 Å². The van der Waals surface area contributed by atoms with Gasteiger partial charge in [0.25, 0.3) is 5.91 Å². The van der Waals surface area contributed by atoms with Gasteiger partial charge in [-0.05, 0) is 15.9 Å². The lowest BCUT2D eigenvalue weighted by Crippen LogP contribution is -2.12. The maximum atomic E-state index is 11.7. The first kappa shape index (κ1) is 11.6. The number of halogens is 1. The van der Waals surface area contributed by atoms with Crippen LogP contribution in [0, 0.1) is 0 Å². The first-order valence-electron chi connectivity index (χ1n) is 4.26. The standard InChI is InChI=1S/C8H7BrN4OS2/c9-5-2-11-8(16-5)13-7(14)4-3-15-6(1-10)12-4/h2-3H,1,10H2,(H,11,13,14). The number of carbonyl (C=O) groups excluding carboxylic acids is 1. The lowest BCUT2D eigenvalue weighted by Gasteiger charge is -1.96. The first-order chi connectivity index (χ1) is 7.69. The van der Waals surface area contributed by atoms with E-state index in [1.54, 1.807) is 11.6 Å². The van der Waals surface area contributed by atoms with Crippen LogP contribution in [0.5, 0.6) is 0 Å². The maximum absolute atomic E-state index is 11.7. The highest BCUT2D eigenvalue weighted by Crippen LogP contribution is 2.23. The van der Waals surface area contributed by atoms with E-state index in [9.17, 15) is 4.79 Å². The molecule has 2 aromatic heterocycles. The Kier molecular flexibility index (Phi) is 3.64. The van der Waals surface area contributed by atoms with Crippen LogP contribution in [0.15, 0.2) is 15.4 Å². The molecule has 1 amide bonds. The Bertz CT molecular complexity index is 510. The second-order valence-electron chi connectivity index (χ2n) is 2.75. The third kappa shape index (κ3) is 2.64. The summed E-state index contributed by atoms with van der Waals surface area (Å²) in [4.78, 5) is 19.8. The zero-order valence-corrected chi connectivity index (χ0v) is 11.2. The Hall–Kier alpha value is -0.830. The maximum Gasteiger partial charge on any atom is 0.276 e. The van der Waals surface area contributed by atoms with E-state index in [1.165, 1.54) is 22.7 Å². The third-order valence-corrected chi connectivity index (χ3v) is 3.92. The number of nitrogens with zero attached hydrogens (tertiary/aromatic N) is 2. The van der Waals surface area contributed by atoms with Gasteiger partial charge < -0.3 is 5.73 Å². The van der Waals surface area contributed by atoms with Crippen LogP contribution in [-0.2, 0) is 6.54 Å². The van der Waals surface area contributed by atoms with Crippen LogP contribution in [0.4, 0.5) is 5.13 Å². The summed E-state index contributed by atoms with van der Waals surface area (Å²) in [6, 6.07) is 0. The fraction of sp³-hybridized carbons (Fsp3) is 0.125. The second kappa shape index (κ2) is 5.00. The molecule has 0 saturated carbocycles. The van der Waals surface area contributed by atoms with Crippen molar-refractivity contribution in [1.82, 2.24) is 9.97 Å². The number of thiazole rings is 2. The van der Waals surface area contributed by atoms with E-state index in [0.29, 0.717) is 17.4 Å². The molecule has 2 rings (SSSR count). The predicted molar refractivity (Wildman–Crippen MR) is 67.8 cm³/mol. The van der Waals surface area contributed by atoms with Crippen molar-refractivity contribution in [3.8, 4) is 0 Å². The summed E-state index contributed by atoms with van der Waals surface area (Å²) >= 11 is 5.99. The molecule has 0 aliphatic carbocycles. The number of carbonyl (C=O) groups is 1. The van der Waals surface area contributed by atoms with E-state index in [-0.39, 0.29) is 5.91 Å². The zero-order valence-electron chi connectivity index (χ0n) is 7.94. The molecule has 0 fully saturated rings. The van der Waals surface area contributed by atoms with Gasteiger partial charge in [-0.1, -0.05) is 11.3 Å². The molecule has 3 N–H and O–H groups in total. The molecule has 5 nitrogen and oxygen atoms in total. The normalized spacial score (nSPS) is 10.4. The average molecular weight is 319 g/mol. The average Bonchev–Trinajstić information content (AvgIpc) is 2.87. The van der Waals surface area contributed by atoms with Crippen LogP contribution in [0.3, 0.4) is 0 Å². The van der Waals surface area contributed by atoms with Crippen molar-refractivity contribution >= 4 is 49.6 Å². The number of nitrogens with two attached hydrogens (primary N) is 1. The summed E-state index contributed by atoms with van der Waals surface area (Å²) in [5.41, 5.74) is 5.79. The molecule has 2 heterocycles. The first-order valence-corrected chi connectivity index (χ1v) is 6.75. The smallest absolute Gasteiger partial charge is 0.276 e. The lowest BCUT2D eigenvalue weighted by atomic mass is 10.4. The van der Waals surface area contributed by atoms with Gasteiger partial charge in [0.15, 0.2) is 5.13 Å². The largest absolute Gasteiger partial charge is 0.325 e. The number of anilines is 1. The van der Waals surface area contributed by atoms with Crippen molar-refractivity contribution < 1.29 is 4.79 Å². The van der Waals surface area contributed by atoms with Gasteiger partial charge in [-0.25, -0.2) is 9.97 Å². The number of hydrogen-bond acceptors (Lipinski definition) is 6. The molecule has 0 aromatic carbocycles. The summed E-state index contributed by atoms with van der Waals surface area (Å²) in [7, 11) is 0. The number of rotatable bonds is 3. The monoisotopic (exact) mass is 318 g/mol. The highest BCUT2D eigenvalue weighted by atomic mass is 79.9. The predicted octanol–water partition coefficient (Wildman–Crippen LogP) is 2.07. The topological polar surface area (TPSA) is 80.9 Å². The molecule has 0 atom stereocenters. The zero-order chi connectivity index (χ0) is 11.5. The van der Waals surface area contributed by atoms with Crippen LogP contribution < -0.4 is 11.1 Å². The number of aromatic nitrogens is 2. The second-order valence-corrected chi connectivity index (χ2v) is 6.11. The van der Waals surface area contributed by atoms with Gasteiger partial charge >= 0.3 is 0 Å². The van der Waals surface area contributed by atoms with Gasteiger partial charge in [0, 0.05) is 11.9 Å². The molecule has 0 bridgehead atoms. The van der Waals surface area contributed by atoms with Crippen LogP contribution in [0.1, 0.15) is 15.5 Å². The van der Waals surface area contributed by atoms with E-state index in [4.69, 9.17) is 5.73 Å². The molecule has 0 aliphatic heterocycles. The molecule has 0 spiro atoms. The molecular formula is C8H7BrN4OS2. The number of amides is 1. The lowest BCUT2D eigenvalue weighted by molar-refractivity contribution is 0.102. The van der Waals surface area contributed by atoms with E-state index in [0.717, 1.165) is 8.79 Å². The van der Waals surface area contributed by atoms with Crippen molar-refractivity contribution in [2.75, 3.05) is 5.32 Å². The highest BCUT2D eigenvalue weighted by molar-refractivity contribution is 9.11. The minimum absolute atomic E-state index is 0.266. The van der Waals surface area contributed by atoms with Gasteiger partial charge in [0.2, 0.25) is 0 Å². The van der Waals surface area contributed by atoms with Crippen molar-refractivity contribution in [2.45, 2.75) is 6.54 Å². The van der Waals surface area contributed by atoms with Crippen molar-refractivity contribution in [3.05, 3.63) is 26.1 Å². The molecule has 0 unspecified atom stereocenters. The van der Waals surface area contributed by atoms with Gasteiger partial charge in [0.05, 0.1) is 9.98 Å². The van der Waals surface area contributed by atoms with Gasteiger partial charge in [0.1, 0.15) is 10.7 Å². The summed E-state index contributed by atoms with van der Waals surface area (Å²) in [5, 5.41) is 5.62. The van der Waals surface area contributed by atoms with E-state index in [2.05, 4.69) is 31.2 Å². The van der Waals surface area contributed by atoms with Crippen molar-refractivity contribution in [2.24, 2.45) is 5.73 Å². The third-order valence-electron chi connectivity index (χ3n) is 1.66. The SMILES string of the molecule is NCc1nc(C(=O)Nc2ncc(Br)s2)cs1. The molecule has 0 radical (unpaired) electrons. The minimum Gasteiger partial charge on any atom is -0.325 e. The van der Waals surface area contributed by atoms with Crippen molar-refractivity contribution in [3.63, 3.8) is 0 Å². The Balaban J connectivity index is 2.08. The van der Waals surface area contributed by atoms with Crippen LogP contribution in [0.2, 0.25) is 0 Å². The van der Waals surface area contributed by atoms with E-state index < -0.39 is 0 Å². The van der Waals surface area contributed by atoms with Crippen LogP contribution in [0.25, 0.3) is 0 Å². The van der Waals surface area contributed by atoms with Gasteiger partial charge in [-0.3, -0.25) is 10.1 Å². The molecule has 84 valence electrons. The summed E-state index contributed by atoms with van der Waals surface area (Å²) in [6.45, 7) is 0.348. The molecule has 8 heteroatoms. The fourth-order valence-electron chi connectivity index (χ4n) is 0.982. The Morgan fingerprint density at radius 2 is 2.44 bits per heavy atom. The quantitative estimate of drug-likeness (QED) is 0.907. The van der Waals surface area contributed by atoms with Crippen LogP contribution >= 0.6 is 38.6 Å². The Morgan fingerprint density at radius 1 is 1.62 bits per heavy atom. The molecule has 0 saturated heterocycles. The molecule has 2 aromatic rings.